The maximum atomic E-state index is 14.1. The highest BCUT2D eigenvalue weighted by Gasteiger charge is 2.53. The van der Waals surface area contributed by atoms with Crippen molar-refractivity contribution in [3.8, 4) is 28.3 Å². The second kappa shape index (κ2) is 11.6. The fourth-order valence-corrected chi connectivity index (χ4v) is 7.70. The van der Waals surface area contributed by atoms with Gasteiger partial charge in [-0.3, -0.25) is 4.79 Å². The van der Waals surface area contributed by atoms with Crippen LogP contribution in [0.5, 0.6) is 5.75 Å². The topological polar surface area (TPSA) is 88.7 Å². The summed E-state index contributed by atoms with van der Waals surface area (Å²) >= 11 is 0. The first-order chi connectivity index (χ1) is 22.0. The molecule has 46 heavy (non-hydrogen) atoms. The summed E-state index contributed by atoms with van der Waals surface area (Å²) in [5, 5.41) is 14.8. The van der Waals surface area contributed by atoms with Gasteiger partial charge in [0.25, 0.3) is 5.89 Å². The van der Waals surface area contributed by atoms with Crippen molar-refractivity contribution in [2.45, 2.75) is 75.9 Å². The average molecular weight is 632 g/mol. The van der Waals surface area contributed by atoms with Crippen molar-refractivity contribution in [2.24, 2.45) is 11.3 Å². The molecule has 1 amide bonds. The predicted molar refractivity (Wildman–Crippen MR) is 166 cm³/mol. The van der Waals surface area contributed by atoms with Crippen molar-refractivity contribution in [1.29, 1.82) is 0 Å². The number of aromatic nitrogens is 2. The molecule has 2 bridgehead atoms. The molecule has 4 fully saturated rings. The fraction of sp³-hybridized carbons (Fsp3) is 0.417. The number of benzene rings is 3. The first-order valence-corrected chi connectivity index (χ1v) is 15.8. The summed E-state index contributed by atoms with van der Waals surface area (Å²) < 4.78 is 48.8. The summed E-state index contributed by atoms with van der Waals surface area (Å²) in [5.74, 6) is 0.607. The predicted octanol–water partition coefficient (Wildman–Crippen LogP) is 7.93. The van der Waals surface area contributed by atoms with E-state index in [1.54, 1.807) is 31.2 Å². The lowest BCUT2D eigenvalue weighted by Gasteiger charge is -2.54. The Bertz CT molecular complexity index is 1690. The van der Waals surface area contributed by atoms with Crippen LogP contribution in [0.15, 0.2) is 77.3 Å². The van der Waals surface area contributed by atoms with Crippen LogP contribution < -0.4 is 9.64 Å². The summed E-state index contributed by atoms with van der Waals surface area (Å²) in [6.07, 6.45) is 6.21. The number of anilines is 1. The molecule has 4 aliphatic carbocycles. The molecule has 0 atom stereocenters. The fourth-order valence-electron chi connectivity index (χ4n) is 7.70. The van der Waals surface area contributed by atoms with Gasteiger partial charge in [0.15, 0.2) is 5.82 Å². The van der Waals surface area contributed by atoms with Crippen LogP contribution in [-0.2, 0) is 10.2 Å². The van der Waals surface area contributed by atoms with Crippen molar-refractivity contribution in [2.75, 3.05) is 11.4 Å². The van der Waals surface area contributed by atoms with E-state index in [9.17, 15) is 23.1 Å². The molecule has 0 aliphatic heterocycles. The van der Waals surface area contributed by atoms with E-state index in [1.165, 1.54) is 24.3 Å². The lowest BCUT2D eigenvalue weighted by molar-refractivity contribution is -0.137. The van der Waals surface area contributed by atoms with Crippen LogP contribution in [0.25, 0.3) is 22.6 Å². The highest BCUT2D eigenvalue weighted by atomic mass is 19.3. The van der Waals surface area contributed by atoms with E-state index in [0.717, 1.165) is 55.3 Å². The van der Waals surface area contributed by atoms with E-state index in [0.29, 0.717) is 36.7 Å². The number of amides is 1. The minimum Gasteiger partial charge on any atom is -0.435 e. The Kier molecular flexibility index (Phi) is 7.66. The molecule has 4 aromatic rings. The number of carbonyl (C=O) groups is 1. The summed E-state index contributed by atoms with van der Waals surface area (Å²) in [7, 11) is 0. The quantitative estimate of drug-likeness (QED) is 0.202. The molecule has 1 aromatic heterocycles. The summed E-state index contributed by atoms with van der Waals surface area (Å²) in [6.45, 7) is -0.558. The van der Waals surface area contributed by atoms with Gasteiger partial charge in [-0.1, -0.05) is 29.4 Å². The summed E-state index contributed by atoms with van der Waals surface area (Å²) in [6, 6.07) is 20.3. The maximum absolute atomic E-state index is 14.1. The number of hydrogen-bond donors (Lipinski definition) is 1. The van der Waals surface area contributed by atoms with Crippen LogP contribution in [0.4, 0.5) is 18.9 Å². The second-order valence-electron chi connectivity index (χ2n) is 13.7. The Hall–Kier alpha value is -4.18. The third-order valence-electron chi connectivity index (χ3n) is 10.4. The molecule has 240 valence electrons. The van der Waals surface area contributed by atoms with Crippen LogP contribution in [0, 0.1) is 17.2 Å². The Morgan fingerprint density at radius 1 is 0.957 bits per heavy atom. The molecule has 4 aliphatic rings. The number of aliphatic hydroxyl groups is 1. The Morgan fingerprint density at radius 2 is 1.61 bits per heavy atom. The molecule has 7 nitrogen and oxygen atoms in total. The van der Waals surface area contributed by atoms with Crippen molar-refractivity contribution in [1.82, 2.24) is 10.1 Å². The summed E-state index contributed by atoms with van der Waals surface area (Å²) in [5.41, 5.74) is 2.05. The van der Waals surface area contributed by atoms with Gasteiger partial charge in [0.2, 0.25) is 5.91 Å². The number of carbonyl (C=O) groups excluding carboxylic acids is 1. The Balaban J connectivity index is 1.11. The van der Waals surface area contributed by atoms with E-state index in [1.807, 2.05) is 29.2 Å². The molecule has 1 N–H and O–H groups in total. The Morgan fingerprint density at radius 3 is 2.24 bits per heavy atom. The van der Waals surface area contributed by atoms with Crippen molar-refractivity contribution >= 4 is 11.6 Å². The number of alkyl halides is 2. The lowest BCUT2D eigenvalue weighted by atomic mass is 9.53. The van der Waals surface area contributed by atoms with Gasteiger partial charge in [-0.25, -0.2) is 4.39 Å². The molecular weight excluding hydrogens is 595 g/mol. The highest BCUT2D eigenvalue weighted by molar-refractivity contribution is 5.96. The zero-order valence-electron chi connectivity index (χ0n) is 25.6. The minimum atomic E-state index is -2.89. The third-order valence-corrected chi connectivity index (χ3v) is 10.4. The van der Waals surface area contributed by atoms with E-state index < -0.39 is 12.2 Å². The zero-order valence-corrected chi connectivity index (χ0v) is 25.6. The van der Waals surface area contributed by atoms with Crippen LogP contribution >= 0.6 is 0 Å². The van der Waals surface area contributed by atoms with E-state index in [-0.39, 0.29) is 34.2 Å². The van der Waals surface area contributed by atoms with Crippen LogP contribution in [0.2, 0.25) is 0 Å². The molecule has 8 rings (SSSR count). The molecule has 1 heterocycles. The molecule has 4 saturated carbocycles. The van der Waals surface area contributed by atoms with Crippen LogP contribution in [-0.4, -0.2) is 39.9 Å². The molecule has 0 radical (unpaired) electrons. The number of nitrogens with zero attached hydrogens (tertiary/aromatic N) is 3. The van der Waals surface area contributed by atoms with E-state index in [4.69, 9.17) is 9.51 Å². The molecule has 0 saturated heterocycles. The first kappa shape index (κ1) is 30.5. The van der Waals surface area contributed by atoms with E-state index >= 15 is 0 Å². The zero-order chi connectivity index (χ0) is 32.1. The number of ether oxygens (including phenoxy) is 1. The number of halogens is 3. The van der Waals surface area contributed by atoms with Gasteiger partial charge in [0.05, 0.1) is 5.60 Å². The van der Waals surface area contributed by atoms with Gasteiger partial charge < -0.3 is 19.3 Å². The first-order valence-electron chi connectivity index (χ1n) is 15.8. The van der Waals surface area contributed by atoms with Crippen LogP contribution in [0.3, 0.4) is 0 Å². The van der Waals surface area contributed by atoms with Gasteiger partial charge in [-0.05, 0) is 123 Å². The normalized spacial score (nSPS) is 27.0. The molecule has 10 heteroatoms. The van der Waals surface area contributed by atoms with Gasteiger partial charge >= 0.3 is 6.61 Å². The minimum absolute atomic E-state index is 0.0169. The number of hydrogen-bond acceptors (Lipinski definition) is 6. The molecule has 0 spiro atoms. The number of fused-ring (bicyclic) bond motifs is 3. The van der Waals surface area contributed by atoms with Crippen molar-refractivity contribution < 1.29 is 32.3 Å². The van der Waals surface area contributed by atoms with Crippen LogP contribution in [0.1, 0.15) is 64.1 Å². The third kappa shape index (κ3) is 5.90. The molecular formula is C36H36F3N3O4. The average Bonchev–Trinajstić information content (AvgIpc) is 3.55. The SMILES string of the molecule is CC1(O)CC(C(=O)N(CC23CCC(c4noc(-c5ccc(F)cc5)n4)(CC2)CC3)c2cccc(-c3ccc(OC(F)F)cc3)c2)C1. The van der Waals surface area contributed by atoms with Gasteiger partial charge in [-0.15, -0.1) is 0 Å². The second-order valence-corrected chi connectivity index (χ2v) is 13.7. The lowest BCUT2D eigenvalue weighted by Crippen LogP contribution is -2.54. The van der Waals surface area contributed by atoms with Gasteiger partial charge in [0.1, 0.15) is 11.6 Å². The van der Waals surface area contributed by atoms with Crippen molar-refractivity contribution in [3.63, 3.8) is 0 Å². The summed E-state index contributed by atoms with van der Waals surface area (Å²) in [4.78, 5) is 20.7. The largest absolute Gasteiger partial charge is 0.435 e. The molecule has 0 unspecified atom stereocenters. The Labute approximate surface area is 265 Å². The standard InChI is InChI=1S/C36H36F3N3O4/c1-34(44)20-26(21-34)31(43)42(28-4-2-3-25(19-28)23-7-11-29(12-8-23)45-33(38)39)22-35-13-16-36(17-14-35,18-15-35)32-40-30(46-41-32)24-5-9-27(37)10-6-24/h2-12,19,26,33,44H,13-18,20-22H2,1H3. The van der Waals surface area contributed by atoms with Gasteiger partial charge in [-0.2, -0.15) is 13.8 Å². The molecule has 3 aromatic carbocycles. The highest BCUT2D eigenvalue weighted by Crippen LogP contribution is 2.58. The maximum Gasteiger partial charge on any atom is 0.387 e. The van der Waals surface area contributed by atoms with E-state index in [2.05, 4.69) is 9.89 Å². The number of rotatable bonds is 9. The smallest absolute Gasteiger partial charge is 0.387 e. The monoisotopic (exact) mass is 631 g/mol. The van der Waals surface area contributed by atoms with Crippen molar-refractivity contribution in [3.05, 3.63) is 84.4 Å². The van der Waals surface area contributed by atoms with Gasteiger partial charge in [0, 0.05) is 29.1 Å².